The van der Waals surface area contributed by atoms with Crippen molar-refractivity contribution in [3.05, 3.63) is 0 Å². The van der Waals surface area contributed by atoms with E-state index in [1.165, 1.54) is 0 Å². The van der Waals surface area contributed by atoms with Gasteiger partial charge in [-0.25, -0.2) is 0 Å². The van der Waals surface area contributed by atoms with Gasteiger partial charge in [0.15, 0.2) is 0 Å². The Kier molecular flexibility index (Phi) is 17.0. The molecule has 0 heterocycles. The van der Waals surface area contributed by atoms with E-state index >= 15 is 0 Å². The first-order valence-corrected chi connectivity index (χ1v) is 7.85. The molecule has 1 unspecified atom stereocenters. The van der Waals surface area contributed by atoms with Gasteiger partial charge in [-0.3, -0.25) is 9.59 Å². The molecule has 1 atom stereocenters. The fourth-order valence-corrected chi connectivity index (χ4v) is 1.59. The summed E-state index contributed by atoms with van der Waals surface area (Å²) < 4.78 is 9.57. The van der Waals surface area contributed by atoms with E-state index in [0.717, 1.165) is 32.1 Å². The zero-order chi connectivity index (χ0) is 15.8. The van der Waals surface area contributed by atoms with Gasteiger partial charge in [0, 0.05) is 6.42 Å². The number of rotatable bonds is 9. The lowest BCUT2D eigenvalue weighted by atomic mass is 10.1. The van der Waals surface area contributed by atoms with E-state index in [9.17, 15) is 9.59 Å². The molecule has 0 radical (unpaired) electrons. The predicted octanol–water partition coefficient (Wildman–Crippen LogP) is 4.12. The van der Waals surface area contributed by atoms with Crippen LogP contribution in [0.5, 0.6) is 0 Å². The normalized spacial score (nSPS) is 11.1. The highest BCUT2D eigenvalue weighted by Gasteiger charge is 2.11. The van der Waals surface area contributed by atoms with Crippen molar-refractivity contribution in [2.24, 2.45) is 5.92 Å². The van der Waals surface area contributed by atoms with Crippen LogP contribution in [0, 0.1) is 5.92 Å². The van der Waals surface area contributed by atoms with E-state index in [-0.39, 0.29) is 17.9 Å². The minimum Gasteiger partial charge on any atom is -0.466 e. The molecule has 0 fully saturated rings. The highest BCUT2D eigenvalue weighted by molar-refractivity contribution is 5.71. The molecule has 0 aliphatic rings. The Morgan fingerprint density at radius 1 is 0.900 bits per heavy atom. The van der Waals surface area contributed by atoms with Crippen LogP contribution in [0.3, 0.4) is 0 Å². The maximum absolute atomic E-state index is 10.9. The summed E-state index contributed by atoms with van der Waals surface area (Å²) in [6.07, 6.45) is 5.80. The topological polar surface area (TPSA) is 52.6 Å². The van der Waals surface area contributed by atoms with Crippen molar-refractivity contribution in [2.45, 2.75) is 73.1 Å². The molecule has 0 rings (SSSR count). The monoisotopic (exact) mass is 288 g/mol. The molecule has 0 aromatic heterocycles. The second-order valence-corrected chi connectivity index (χ2v) is 4.70. The Balaban J connectivity index is 0. The molecule has 0 aromatic carbocycles. The third-order valence-corrected chi connectivity index (χ3v) is 2.70. The van der Waals surface area contributed by atoms with E-state index in [0.29, 0.717) is 19.6 Å². The quantitative estimate of drug-likeness (QED) is 0.473. The minimum atomic E-state index is -0.0654. The molecule has 4 heteroatoms. The molecule has 120 valence electrons. The van der Waals surface area contributed by atoms with Gasteiger partial charge in [-0.05, 0) is 26.7 Å². The van der Waals surface area contributed by atoms with E-state index < -0.39 is 0 Å². The number of hydrogen-bond donors (Lipinski definition) is 0. The van der Waals surface area contributed by atoms with Gasteiger partial charge in [0.05, 0.1) is 19.1 Å². The molecule has 4 nitrogen and oxygen atoms in total. The zero-order valence-electron chi connectivity index (χ0n) is 13.9. The van der Waals surface area contributed by atoms with E-state index in [1.807, 2.05) is 20.8 Å². The van der Waals surface area contributed by atoms with Crippen LogP contribution in [-0.2, 0) is 19.1 Å². The van der Waals surface area contributed by atoms with Gasteiger partial charge in [-0.15, -0.1) is 0 Å². The molecule has 0 aromatic rings. The van der Waals surface area contributed by atoms with Crippen LogP contribution in [0.4, 0.5) is 0 Å². The lowest BCUT2D eigenvalue weighted by molar-refractivity contribution is -0.147. The first-order valence-electron chi connectivity index (χ1n) is 7.85. The van der Waals surface area contributed by atoms with Crippen molar-refractivity contribution in [1.82, 2.24) is 0 Å². The minimum absolute atomic E-state index is 0.0593. The van der Waals surface area contributed by atoms with Gasteiger partial charge < -0.3 is 9.47 Å². The van der Waals surface area contributed by atoms with Crippen LogP contribution in [-0.4, -0.2) is 25.2 Å². The fraction of sp³-hybridized carbons (Fsp3) is 0.875. The van der Waals surface area contributed by atoms with Crippen LogP contribution in [0.25, 0.3) is 0 Å². The van der Waals surface area contributed by atoms with E-state index in [2.05, 4.69) is 13.8 Å². The first-order chi connectivity index (χ1) is 9.53. The SMILES string of the molecule is CCCC(C)C(=O)OCC.CCCCCC(=O)OCC. The number of carbonyl (C=O) groups is 2. The third kappa shape index (κ3) is 15.0. The average Bonchev–Trinajstić information content (AvgIpc) is 2.40. The number of carbonyl (C=O) groups excluding carboxylic acids is 2. The molecule has 0 aliphatic carbocycles. The summed E-state index contributed by atoms with van der Waals surface area (Å²) in [7, 11) is 0. The molecular weight excluding hydrogens is 256 g/mol. The average molecular weight is 288 g/mol. The second-order valence-electron chi connectivity index (χ2n) is 4.70. The van der Waals surface area contributed by atoms with Crippen molar-refractivity contribution in [1.29, 1.82) is 0 Å². The number of unbranched alkanes of at least 4 members (excludes halogenated alkanes) is 2. The van der Waals surface area contributed by atoms with Crippen molar-refractivity contribution >= 4 is 11.9 Å². The number of ether oxygens (including phenoxy) is 2. The summed E-state index contributed by atoms with van der Waals surface area (Å²) >= 11 is 0. The van der Waals surface area contributed by atoms with Crippen molar-refractivity contribution in [2.75, 3.05) is 13.2 Å². The second kappa shape index (κ2) is 16.0. The Labute approximate surface area is 124 Å². The largest absolute Gasteiger partial charge is 0.466 e. The standard InChI is InChI=1S/2C8H16O2/c1-4-6-7(3)8(9)10-5-2;1-3-5-6-7-8(9)10-4-2/h7H,4-6H2,1-3H3;3-7H2,1-2H3. The lowest BCUT2D eigenvalue weighted by Gasteiger charge is -2.07. The number of hydrogen-bond acceptors (Lipinski definition) is 4. The highest BCUT2D eigenvalue weighted by atomic mass is 16.5. The Morgan fingerprint density at radius 2 is 1.50 bits per heavy atom. The van der Waals surface area contributed by atoms with Crippen molar-refractivity contribution in [3.63, 3.8) is 0 Å². The summed E-state index contributed by atoms with van der Waals surface area (Å²) in [5.41, 5.74) is 0. The van der Waals surface area contributed by atoms with Crippen LogP contribution < -0.4 is 0 Å². The van der Waals surface area contributed by atoms with Crippen LogP contribution >= 0.6 is 0 Å². The molecule has 0 aliphatic heterocycles. The Hall–Kier alpha value is -1.06. The smallest absolute Gasteiger partial charge is 0.308 e. The maximum Gasteiger partial charge on any atom is 0.308 e. The van der Waals surface area contributed by atoms with Gasteiger partial charge in [-0.2, -0.15) is 0 Å². The van der Waals surface area contributed by atoms with Crippen molar-refractivity contribution in [3.8, 4) is 0 Å². The van der Waals surface area contributed by atoms with Gasteiger partial charge in [-0.1, -0.05) is 40.0 Å². The third-order valence-electron chi connectivity index (χ3n) is 2.70. The molecular formula is C16H32O4. The Morgan fingerprint density at radius 3 is 1.95 bits per heavy atom. The molecule has 0 saturated carbocycles. The summed E-state index contributed by atoms with van der Waals surface area (Å²) in [4.78, 5) is 21.6. The summed E-state index contributed by atoms with van der Waals surface area (Å²) in [6.45, 7) is 10.7. The molecule has 0 bridgehead atoms. The van der Waals surface area contributed by atoms with E-state index in [1.54, 1.807) is 0 Å². The van der Waals surface area contributed by atoms with Gasteiger partial charge in [0.1, 0.15) is 0 Å². The first kappa shape index (κ1) is 21.2. The van der Waals surface area contributed by atoms with Crippen LogP contribution in [0.2, 0.25) is 0 Å². The molecule has 0 spiro atoms. The lowest BCUT2D eigenvalue weighted by Crippen LogP contribution is -2.14. The molecule has 0 N–H and O–H groups in total. The summed E-state index contributed by atoms with van der Waals surface area (Å²) in [5.74, 6) is -0.0507. The fourth-order valence-electron chi connectivity index (χ4n) is 1.59. The number of esters is 2. The van der Waals surface area contributed by atoms with Crippen LogP contribution in [0.1, 0.15) is 73.1 Å². The highest BCUT2D eigenvalue weighted by Crippen LogP contribution is 2.06. The van der Waals surface area contributed by atoms with Gasteiger partial charge >= 0.3 is 11.9 Å². The molecule has 0 saturated heterocycles. The maximum atomic E-state index is 10.9. The molecule has 0 amide bonds. The van der Waals surface area contributed by atoms with Crippen molar-refractivity contribution < 1.29 is 19.1 Å². The predicted molar refractivity (Wildman–Crippen MR) is 81.5 cm³/mol. The van der Waals surface area contributed by atoms with Gasteiger partial charge in [0.25, 0.3) is 0 Å². The molecule has 20 heavy (non-hydrogen) atoms. The van der Waals surface area contributed by atoms with Gasteiger partial charge in [0.2, 0.25) is 0 Å². The van der Waals surface area contributed by atoms with E-state index in [4.69, 9.17) is 9.47 Å². The Bertz CT molecular complexity index is 239. The zero-order valence-corrected chi connectivity index (χ0v) is 13.9. The summed E-state index contributed by atoms with van der Waals surface area (Å²) in [6, 6.07) is 0. The summed E-state index contributed by atoms with van der Waals surface area (Å²) in [5, 5.41) is 0. The van der Waals surface area contributed by atoms with Crippen LogP contribution in [0.15, 0.2) is 0 Å².